The fraction of sp³-hybridized carbons (Fsp3) is 0.412. The van der Waals surface area contributed by atoms with Gasteiger partial charge in [0.25, 0.3) is 0 Å². The molecule has 0 bridgehead atoms. The third-order valence-electron chi connectivity index (χ3n) is 3.22. The van der Waals surface area contributed by atoms with Gasteiger partial charge in [-0.3, -0.25) is 9.97 Å². The summed E-state index contributed by atoms with van der Waals surface area (Å²) in [7, 11) is 2.09. The van der Waals surface area contributed by atoms with Crippen molar-refractivity contribution in [3.05, 3.63) is 54.1 Å². The summed E-state index contributed by atoms with van der Waals surface area (Å²) in [5.41, 5.74) is 3.54. The van der Waals surface area contributed by atoms with E-state index < -0.39 is 0 Å². The van der Waals surface area contributed by atoms with Crippen molar-refractivity contribution in [1.29, 1.82) is 0 Å². The molecule has 0 unspecified atom stereocenters. The number of hydrogen-bond acceptors (Lipinski definition) is 4. The van der Waals surface area contributed by atoms with Crippen molar-refractivity contribution in [2.75, 3.05) is 11.9 Å². The van der Waals surface area contributed by atoms with Crippen LogP contribution in [-0.2, 0) is 13.1 Å². The standard InChI is InChI=1S/C17H24N4/c1-17(2,3)20-12-14-11-18-10-8-16(14)21(4)13-15-7-5-6-9-19-15/h5-11,20H,12-13H2,1-4H3. The molecule has 0 amide bonds. The minimum Gasteiger partial charge on any atom is -0.368 e. The van der Waals surface area contributed by atoms with Gasteiger partial charge in [-0.15, -0.1) is 0 Å². The Balaban J connectivity index is 2.11. The lowest BCUT2D eigenvalue weighted by Gasteiger charge is -2.25. The second-order valence-corrected chi connectivity index (χ2v) is 6.29. The second-order valence-electron chi connectivity index (χ2n) is 6.29. The lowest BCUT2D eigenvalue weighted by Crippen LogP contribution is -2.35. The van der Waals surface area contributed by atoms with Crippen molar-refractivity contribution >= 4 is 5.69 Å². The SMILES string of the molecule is CN(Cc1ccccn1)c1ccncc1CNC(C)(C)C. The molecule has 21 heavy (non-hydrogen) atoms. The highest BCUT2D eigenvalue weighted by atomic mass is 15.1. The van der Waals surface area contributed by atoms with Gasteiger partial charge in [0, 0.05) is 49.0 Å². The van der Waals surface area contributed by atoms with Crippen molar-refractivity contribution in [1.82, 2.24) is 15.3 Å². The van der Waals surface area contributed by atoms with E-state index in [9.17, 15) is 0 Å². The predicted octanol–water partition coefficient (Wildman–Crippen LogP) is 3.00. The van der Waals surface area contributed by atoms with E-state index in [4.69, 9.17) is 0 Å². The number of aromatic nitrogens is 2. The summed E-state index contributed by atoms with van der Waals surface area (Å²) in [6, 6.07) is 8.06. The second kappa shape index (κ2) is 6.68. The summed E-state index contributed by atoms with van der Waals surface area (Å²) in [5.74, 6) is 0. The molecule has 0 aromatic carbocycles. The maximum Gasteiger partial charge on any atom is 0.0598 e. The quantitative estimate of drug-likeness (QED) is 0.916. The topological polar surface area (TPSA) is 41.1 Å². The van der Waals surface area contributed by atoms with Crippen molar-refractivity contribution in [2.45, 2.75) is 39.4 Å². The molecule has 0 aliphatic carbocycles. The minimum absolute atomic E-state index is 0.0899. The zero-order chi connectivity index (χ0) is 15.3. The molecule has 2 rings (SSSR count). The van der Waals surface area contributed by atoms with Gasteiger partial charge in [0.2, 0.25) is 0 Å². The largest absolute Gasteiger partial charge is 0.368 e. The molecule has 4 nitrogen and oxygen atoms in total. The summed E-state index contributed by atoms with van der Waals surface area (Å²) in [6.45, 7) is 8.09. The third kappa shape index (κ3) is 4.83. The van der Waals surface area contributed by atoms with Gasteiger partial charge >= 0.3 is 0 Å². The van der Waals surface area contributed by atoms with Crippen LogP contribution in [0.2, 0.25) is 0 Å². The molecule has 2 aromatic heterocycles. The zero-order valence-electron chi connectivity index (χ0n) is 13.3. The summed E-state index contributed by atoms with van der Waals surface area (Å²) in [4.78, 5) is 10.9. The summed E-state index contributed by atoms with van der Waals surface area (Å²) >= 11 is 0. The van der Waals surface area contributed by atoms with Gasteiger partial charge < -0.3 is 10.2 Å². The number of nitrogens with one attached hydrogen (secondary N) is 1. The molecule has 112 valence electrons. The molecule has 0 saturated carbocycles. The van der Waals surface area contributed by atoms with Gasteiger partial charge in [-0.2, -0.15) is 0 Å². The van der Waals surface area contributed by atoms with Crippen LogP contribution in [0.25, 0.3) is 0 Å². The van der Waals surface area contributed by atoms with E-state index in [0.29, 0.717) is 0 Å². The Kier molecular flexibility index (Phi) is 4.91. The monoisotopic (exact) mass is 284 g/mol. The smallest absolute Gasteiger partial charge is 0.0598 e. The van der Waals surface area contributed by atoms with Gasteiger partial charge in [-0.1, -0.05) is 6.07 Å². The van der Waals surface area contributed by atoms with E-state index in [1.807, 2.05) is 36.8 Å². The highest BCUT2D eigenvalue weighted by Gasteiger charge is 2.12. The molecule has 2 aromatic rings. The van der Waals surface area contributed by atoms with Crippen LogP contribution in [0.4, 0.5) is 5.69 Å². The van der Waals surface area contributed by atoms with Crippen molar-refractivity contribution in [3.8, 4) is 0 Å². The Morgan fingerprint density at radius 2 is 1.95 bits per heavy atom. The fourth-order valence-electron chi connectivity index (χ4n) is 2.11. The van der Waals surface area contributed by atoms with E-state index in [1.165, 1.54) is 11.3 Å². The van der Waals surface area contributed by atoms with Crippen molar-refractivity contribution in [3.63, 3.8) is 0 Å². The first-order valence-electron chi connectivity index (χ1n) is 7.25. The van der Waals surface area contributed by atoms with Crippen LogP contribution >= 0.6 is 0 Å². The van der Waals surface area contributed by atoms with Gasteiger partial charge in [0.1, 0.15) is 0 Å². The number of hydrogen-bond donors (Lipinski definition) is 1. The van der Waals surface area contributed by atoms with E-state index in [1.54, 1.807) is 0 Å². The molecule has 0 aliphatic rings. The van der Waals surface area contributed by atoms with Gasteiger partial charge in [-0.25, -0.2) is 0 Å². The first-order valence-corrected chi connectivity index (χ1v) is 7.25. The van der Waals surface area contributed by atoms with Crippen LogP contribution in [0.5, 0.6) is 0 Å². The molecule has 0 radical (unpaired) electrons. The molecule has 4 heteroatoms. The normalized spacial score (nSPS) is 11.4. The summed E-state index contributed by atoms with van der Waals surface area (Å²) in [5, 5.41) is 3.52. The summed E-state index contributed by atoms with van der Waals surface area (Å²) < 4.78 is 0. The molecule has 0 fully saturated rings. The highest BCUT2D eigenvalue weighted by molar-refractivity contribution is 5.51. The zero-order valence-corrected chi connectivity index (χ0v) is 13.3. The number of anilines is 1. The Morgan fingerprint density at radius 3 is 2.62 bits per heavy atom. The number of pyridine rings is 2. The van der Waals surface area contributed by atoms with Gasteiger partial charge in [0.15, 0.2) is 0 Å². The van der Waals surface area contributed by atoms with Crippen LogP contribution in [0.15, 0.2) is 42.9 Å². The van der Waals surface area contributed by atoms with Crippen LogP contribution in [0, 0.1) is 0 Å². The minimum atomic E-state index is 0.0899. The molecule has 0 aliphatic heterocycles. The Morgan fingerprint density at radius 1 is 1.14 bits per heavy atom. The first-order chi connectivity index (χ1) is 9.96. The Bertz CT molecular complexity index is 561. The van der Waals surface area contributed by atoms with Crippen LogP contribution in [0.1, 0.15) is 32.0 Å². The third-order valence-corrected chi connectivity index (χ3v) is 3.22. The van der Waals surface area contributed by atoms with E-state index in [-0.39, 0.29) is 5.54 Å². The number of nitrogens with zero attached hydrogens (tertiary/aromatic N) is 3. The molecular weight excluding hydrogens is 260 g/mol. The van der Waals surface area contributed by atoms with E-state index in [0.717, 1.165) is 18.8 Å². The maximum atomic E-state index is 4.39. The van der Waals surface area contributed by atoms with Crippen molar-refractivity contribution < 1.29 is 0 Å². The Hall–Kier alpha value is -1.94. The molecule has 0 spiro atoms. The Labute approximate surface area is 127 Å². The highest BCUT2D eigenvalue weighted by Crippen LogP contribution is 2.20. The fourth-order valence-corrected chi connectivity index (χ4v) is 2.11. The maximum absolute atomic E-state index is 4.39. The molecule has 1 N–H and O–H groups in total. The van der Waals surface area contributed by atoms with Crippen LogP contribution < -0.4 is 10.2 Å². The number of rotatable bonds is 5. The molecule has 2 heterocycles. The van der Waals surface area contributed by atoms with Crippen LogP contribution in [0.3, 0.4) is 0 Å². The predicted molar refractivity (Wildman–Crippen MR) is 87.2 cm³/mol. The average molecular weight is 284 g/mol. The van der Waals surface area contributed by atoms with Gasteiger partial charge in [0.05, 0.1) is 12.2 Å². The van der Waals surface area contributed by atoms with Crippen LogP contribution in [-0.4, -0.2) is 22.6 Å². The van der Waals surface area contributed by atoms with E-state index >= 15 is 0 Å². The lowest BCUT2D eigenvalue weighted by molar-refractivity contribution is 0.424. The average Bonchev–Trinajstić information content (AvgIpc) is 2.46. The molecule has 0 saturated heterocycles. The lowest BCUT2D eigenvalue weighted by atomic mass is 10.1. The molecule has 0 atom stereocenters. The van der Waals surface area contributed by atoms with Crippen molar-refractivity contribution in [2.24, 2.45) is 0 Å². The van der Waals surface area contributed by atoms with Gasteiger partial charge in [-0.05, 0) is 39.0 Å². The molecular formula is C17H24N4. The van der Waals surface area contributed by atoms with E-state index in [2.05, 4.69) is 54.1 Å². The summed E-state index contributed by atoms with van der Waals surface area (Å²) in [6.07, 6.45) is 5.60. The first kappa shape index (κ1) is 15.4.